The minimum atomic E-state index is 0.518. The number of nitrogens with two attached hydrogens (primary N) is 1. The second kappa shape index (κ2) is 5.78. The Morgan fingerprint density at radius 2 is 1.87 bits per heavy atom. The molecule has 4 nitrogen and oxygen atoms in total. The minimum Gasteiger partial charge on any atom is -0.383 e. The van der Waals surface area contributed by atoms with E-state index in [1.807, 2.05) is 18.2 Å². The van der Waals surface area contributed by atoms with Gasteiger partial charge in [0, 0.05) is 29.3 Å². The Hall–Kier alpha value is -2.79. The summed E-state index contributed by atoms with van der Waals surface area (Å²) in [5.41, 5.74) is 8.29. The lowest BCUT2D eigenvalue weighted by atomic mass is 10.1. The van der Waals surface area contributed by atoms with Crippen LogP contribution in [0.15, 0.2) is 60.9 Å². The molecular formula is C18H14N4S. The van der Waals surface area contributed by atoms with Crippen LogP contribution in [0.25, 0.3) is 21.6 Å². The third-order valence-corrected chi connectivity index (χ3v) is 4.64. The Balaban J connectivity index is 1.75. The van der Waals surface area contributed by atoms with Gasteiger partial charge in [-0.3, -0.25) is 4.98 Å². The Kier molecular flexibility index (Phi) is 3.48. The summed E-state index contributed by atoms with van der Waals surface area (Å²) in [7, 11) is 0. The zero-order valence-electron chi connectivity index (χ0n) is 12.3. The van der Waals surface area contributed by atoms with Gasteiger partial charge in [-0.2, -0.15) is 0 Å². The fourth-order valence-electron chi connectivity index (χ4n) is 2.50. The smallest absolute Gasteiger partial charge is 0.164 e. The molecule has 0 saturated heterocycles. The molecular weight excluding hydrogens is 304 g/mol. The second-order valence-electron chi connectivity index (χ2n) is 5.27. The maximum Gasteiger partial charge on any atom is 0.164 e. The number of aromatic nitrogens is 3. The van der Waals surface area contributed by atoms with Crippen molar-refractivity contribution in [2.45, 2.75) is 6.42 Å². The van der Waals surface area contributed by atoms with E-state index < -0.39 is 0 Å². The molecule has 0 aliphatic carbocycles. The highest BCUT2D eigenvalue weighted by atomic mass is 32.1. The number of nitrogen functional groups attached to an aromatic ring is 1. The third-order valence-electron chi connectivity index (χ3n) is 3.61. The number of nitrogens with zero attached hydrogens (tertiary/aromatic N) is 3. The Labute approximate surface area is 137 Å². The normalized spacial score (nSPS) is 11.0. The largest absolute Gasteiger partial charge is 0.383 e. The highest BCUT2D eigenvalue weighted by Gasteiger charge is 2.11. The van der Waals surface area contributed by atoms with Crippen LogP contribution in [0.4, 0.5) is 5.82 Å². The van der Waals surface area contributed by atoms with Crippen molar-refractivity contribution < 1.29 is 0 Å². The first-order valence-corrected chi connectivity index (χ1v) is 8.11. The summed E-state index contributed by atoms with van der Waals surface area (Å²) in [6.07, 6.45) is 4.36. The van der Waals surface area contributed by atoms with Crippen molar-refractivity contribution in [3.63, 3.8) is 0 Å². The van der Waals surface area contributed by atoms with Crippen molar-refractivity contribution in [2.24, 2.45) is 0 Å². The summed E-state index contributed by atoms with van der Waals surface area (Å²) in [5.74, 6) is 1.14. The number of hydrogen-bond acceptors (Lipinski definition) is 5. The van der Waals surface area contributed by atoms with E-state index in [0.29, 0.717) is 11.6 Å². The van der Waals surface area contributed by atoms with E-state index in [0.717, 1.165) is 22.2 Å². The number of rotatable bonds is 3. The van der Waals surface area contributed by atoms with Gasteiger partial charge < -0.3 is 5.73 Å². The molecule has 0 amide bonds. The quantitative estimate of drug-likeness (QED) is 0.621. The van der Waals surface area contributed by atoms with Gasteiger partial charge in [0.1, 0.15) is 10.6 Å². The molecule has 0 fully saturated rings. The van der Waals surface area contributed by atoms with Crippen molar-refractivity contribution in [3.8, 4) is 11.4 Å². The first kappa shape index (κ1) is 13.8. The summed E-state index contributed by atoms with van der Waals surface area (Å²) in [4.78, 5) is 15.3. The van der Waals surface area contributed by atoms with Gasteiger partial charge in [0.2, 0.25) is 0 Å². The van der Waals surface area contributed by atoms with Gasteiger partial charge in [-0.1, -0.05) is 30.3 Å². The lowest BCUT2D eigenvalue weighted by Gasteiger charge is -2.01. The lowest BCUT2D eigenvalue weighted by Crippen LogP contribution is -1.96. The molecule has 23 heavy (non-hydrogen) atoms. The average Bonchev–Trinajstić information content (AvgIpc) is 2.99. The fourth-order valence-corrected chi connectivity index (χ4v) is 3.57. The van der Waals surface area contributed by atoms with Crippen LogP contribution in [0.2, 0.25) is 0 Å². The van der Waals surface area contributed by atoms with Crippen molar-refractivity contribution in [2.75, 3.05) is 5.73 Å². The van der Waals surface area contributed by atoms with Gasteiger partial charge in [0.25, 0.3) is 0 Å². The van der Waals surface area contributed by atoms with Gasteiger partial charge in [-0.05, 0) is 23.8 Å². The highest BCUT2D eigenvalue weighted by molar-refractivity contribution is 7.18. The molecule has 3 aromatic heterocycles. The van der Waals surface area contributed by atoms with Crippen molar-refractivity contribution in [1.82, 2.24) is 15.0 Å². The summed E-state index contributed by atoms with van der Waals surface area (Å²) in [6, 6.07) is 16.3. The highest BCUT2D eigenvalue weighted by Crippen LogP contribution is 2.31. The van der Waals surface area contributed by atoms with E-state index in [1.54, 1.807) is 23.7 Å². The lowest BCUT2D eigenvalue weighted by molar-refractivity contribution is 1.22. The number of hydrogen-bond donors (Lipinski definition) is 1. The first-order valence-electron chi connectivity index (χ1n) is 7.30. The van der Waals surface area contributed by atoms with Crippen LogP contribution in [-0.2, 0) is 6.42 Å². The molecule has 0 aliphatic heterocycles. The second-order valence-corrected chi connectivity index (χ2v) is 6.38. The van der Waals surface area contributed by atoms with E-state index in [-0.39, 0.29) is 0 Å². The van der Waals surface area contributed by atoms with Gasteiger partial charge in [0.15, 0.2) is 5.82 Å². The molecule has 4 rings (SSSR count). The molecule has 2 N–H and O–H groups in total. The van der Waals surface area contributed by atoms with Crippen LogP contribution in [0.3, 0.4) is 0 Å². The number of thiophene rings is 1. The first-order chi connectivity index (χ1) is 11.3. The minimum absolute atomic E-state index is 0.518. The molecule has 0 radical (unpaired) electrons. The standard InChI is InChI=1S/C18H14N4S/c19-16-15-10-14(9-12-5-2-1-3-6-12)23-18(15)22-17(21-16)13-7-4-8-20-11-13/h1-8,10-11H,9H2,(H2,19,21,22). The Bertz CT molecular complexity index is 949. The summed E-state index contributed by atoms with van der Waals surface area (Å²) in [5, 5.41) is 0.925. The predicted octanol–water partition coefficient (Wildman–Crippen LogP) is 3.93. The molecule has 0 unspecified atom stereocenters. The predicted molar refractivity (Wildman–Crippen MR) is 94.3 cm³/mol. The third kappa shape index (κ3) is 2.78. The van der Waals surface area contributed by atoms with Gasteiger partial charge >= 0.3 is 0 Å². The van der Waals surface area contributed by atoms with Crippen molar-refractivity contribution in [3.05, 3.63) is 71.4 Å². The van der Waals surface area contributed by atoms with Crippen LogP contribution < -0.4 is 5.73 Å². The summed E-state index contributed by atoms with van der Waals surface area (Å²) in [6.45, 7) is 0. The molecule has 4 aromatic rings. The van der Waals surface area contributed by atoms with Crippen molar-refractivity contribution in [1.29, 1.82) is 0 Å². The summed E-state index contributed by atoms with van der Waals surface area (Å²) >= 11 is 1.66. The molecule has 112 valence electrons. The number of benzene rings is 1. The van der Waals surface area contributed by atoms with E-state index in [1.165, 1.54) is 10.4 Å². The van der Waals surface area contributed by atoms with Crippen LogP contribution >= 0.6 is 11.3 Å². The molecule has 1 aromatic carbocycles. The van der Waals surface area contributed by atoms with E-state index >= 15 is 0 Å². The van der Waals surface area contributed by atoms with Crippen LogP contribution in [0.1, 0.15) is 10.4 Å². The zero-order valence-corrected chi connectivity index (χ0v) is 13.1. The molecule has 3 heterocycles. The number of anilines is 1. The maximum atomic E-state index is 6.14. The molecule has 5 heteroatoms. The van der Waals surface area contributed by atoms with Crippen LogP contribution in [-0.4, -0.2) is 15.0 Å². The molecule has 0 bridgehead atoms. The molecule has 0 atom stereocenters. The molecule has 0 aliphatic rings. The van der Waals surface area contributed by atoms with Crippen molar-refractivity contribution >= 4 is 27.4 Å². The van der Waals surface area contributed by atoms with Crippen LogP contribution in [0.5, 0.6) is 0 Å². The zero-order chi connectivity index (χ0) is 15.6. The van der Waals surface area contributed by atoms with Gasteiger partial charge in [0.05, 0.1) is 5.39 Å². The van der Waals surface area contributed by atoms with E-state index in [2.05, 4.69) is 45.3 Å². The Morgan fingerprint density at radius 3 is 2.65 bits per heavy atom. The van der Waals surface area contributed by atoms with Gasteiger partial charge in [-0.25, -0.2) is 9.97 Å². The number of fused-ring (bicyclic) bond motifs is 1. The van der Waals surface area contributed by atoms with E-state index in [9.17, 15) is 0 Å². The fraction of sp³-hybridized carbons (Fsp3) is 0.0556. The topological polar surface area (TPSA) is 64.7 Å². The van der Waals surface area contributed by atoms with Crippen LogP contribution in [0, 0.1) is 0 Å². The molecule has 0 saturated carbocycles. The monoisotopic (exact) mass is 318 g/mol. The summed E-state index contributed by atoms with van der Waals surface area (Å²) < 4.78 is 0. The average molecular weight is 318 g/mol. The Morgan fingerprint density at radius 1 is 1.00 bits per heavy atom. The van der Waals surface area contributed by atoms with Gasteiger partial charge in [-0.15, -0.1) is 11.3 Å². The van der Waals surface area contributed by atoms with E-state index in [4.69, 9.17) is 5.73 Å². The maximum absolute atomic E-state index is 6.14. The SMILES string of the molecule is Nc1nc(-c2cccnc2)nc2sc(Cc3ccccc3)cc12. The molecule has 0 spiro atoms. The number of pyridine rings is 1.